The fourth-order valence-corrected chi connectivity index (χ4v) is 4.18. The van der Waals surface area contributed by atoms with Gasteiger partial charge in [0.1, 0.15) is 6.16 Å². The standard InChI is InChI=1S/C18H38NO4P/c1-5-9-11-13-15-19(16-14-12-10-6-2)18(20)17-24(21,22-7-3)23-8-4/h5-17H2,1-4H3. The summed E-state index contributed by atoms with van der Waals surface area (Å²) in [4.78, 5) is 14.5. The zero-order chi connectivity index (χ0) is 18.3. The third kappa shape index (κ3) is 11.2. The summed E-state index contributed by atoms with van der Waals surface area (Å²) >= 11 is 0. The van der Waals surface area contributed by atoms with Gasteiger partial charge in [-0.2, -0.15) is 0 Å². The highest BCUT2D eigenvalue weighted by Crippen LogP contribution is 2.47. The van der Waals surface area contributed by atoms with E-state index in [1.807, 2.05) is 4.90 Å². The molecule has 0 fully saturated rings. The van der Waals surface area contributed by atoms with Crippen LogP contribution >= 0.6 is 7.60 Å². The highest BCUT2D eigenvalue weighted by molar-refractivity contribution is 7.54. The summed E-state index contributed by atoms with van der Waals surface area (Å²) in [5.74, 6) is -0.103. The van der Waals surface area contributed by atoms with Crippen LogP contribution in [0.2, 0.25) is 0 Å². The molecule has 0 unspecified atom stereocenters. The second kappa shape index (κ2) is 14.9. The van der Waals surface area contributed by atoms with Gasteiger partial charge in [-0.1, -0.05) is 52.4 Å². The Kier molecular flexibility index (Phi) is 14.7. The van der Waals surface area contributed by atoms with Gasteiger partial charge < -0.3 is 13.9 Å². The summed E-state index contributed by atoms with van der Waals surface area (Å²) in [6.07, 6.45) is 8.84. The van der Waals surface area contributed by atoms with Crippen LogP contribution in [-0.2, 0) is 18.4 Å². The molecule has 24 heavy (non-hydrogen) atoms. The van der Waals surface area contributed by atoms with Crippen molar-refractivity contribution < 1.29 is 18.4 Å². The lowest BCUT2D eigenvalue weighted by molar-refractivity contribution is -0.128. The van der Waals surface area contributed by atoms with Crippen molar-refractivity contribution >= 4 is 13.5 Å². The molecule has 0 aromatic carbocycles. The van der Waals surface area contributed by atoms with Gasteiger partial charge in [0, 0.05) is 13.1 Å². The first-order valence-electron chi connectivity index (χ1n) is 9.68. The molecular formula is C18H38NO4P. The first kappa shape index (κ1) is 23.6. The summed E-state index contributed by atoms with van der Waals surface area (Å²) in [5.41, 5.74) is 0. The fourth-order valence-electron chi connectivity index (χ4n) is 2.61. The van der Waals surface area contributed by atoms with Gasteiger partial charge in [-0.25, -0.2) is 0 Å². The third-order valence-corrected chi connectivity index (χ3v) is 5.86. The molecule has 0 rings (SSSR count). The van der Waals surface area contributed by atoms with Crippen LogP contribution in [0.4, 0.5) is 0 Å². The number of nitrogens with zero attached hydrogens (tertiary/aromatic N) is 1. The first-order valence-corrected chi connectivity index (χ1v) is 11.4. The number of carbonyl (C=O) groups excluding carboxylic acids is 1. The summed E-state index contributed by atoms with van der Waals surface area (Å²) in [6.45, 7) is 9.94. The Morgan fingerprint density at radius 2 is 1.25 bits per heavy atom. The molecule has 0 aliphatic rings. The minimum absolute atomic E-state index is 0.103. The predicted octanol–water partition coefficient (Wildman–Crippen LogP) is 5.24. The van der Waals surface area contributed by atoms with E-state index in [0.717, 1.165) is 38.8 Å². The Hall–Kier alpha value is -0.380. The monoisotopic (exact) mass is 363 g/mol. The highest BCUT2D eigenvalue weighted by Gasteiger charge is 2.30. The molecule has 0 aromatic heterocycles. The van der Waals surface area contributed by atoms with Crippen LogP contribution in [0, 0.1) is 0 Å². The van der Waals surface area contributed by atoms with E-state index in [9.17, 15) is 9.36 Å². The van der Waals surface area contributed by atoms with Gasteiger partial charge in [0.05, 0.1) is 13.2 Å². The van der Waals surface area contributed by atoms with Gasteiger partial charge in [0.2, 0.25) is 5.91 Å². The van der Waals surface area contributed by atoms with Crippen molar-refractivity contribution in [3.63, 3.8) is 0 Å². The van der Waals surface area contributed by atoms with Gasteiger partial charge in [-0.15, -0.1) is 0 Å². The number of carbonyl (C=O) groups is 1. The Morgan fingerprint density at radius 1 is 0.792 bits per heavy atom. The molecule has 0 atom stereocenters. The Balaban J connectivity index is 4.63. The smallest absolute Gasteiger partial charge is 0.340 e. The van der Waals surface area contributed by atoms with Gasteiger partial charge in [0.15, 0.2) is 0 Å². The van der Waals surface area contributed by atoms with Crippen molar-refractivity contribution in [3.8, 4) is 0 Å². The summed E-state index contributed by atoms with van der Waals surface area (Å²) < 4.78 is 23.1. The van der Waals surface area contributed by atoms with E-state index in [4.69, 9.17) is 9.05 Å². The normalized spacial score (nSPS) is 11.7. The number of hydrogen-bond donors (Lipinski definition) is 0. The molecule has 0 aromatic rings. The molecule has 6 heteroatoms. The van der Waals surface area contributed by atoms with E-state index >= 15 is 0 Å². The lowest BCUT2D eigenvalue weighted by atomic mass is 10.1. The van der Waals surface area contributed by atoms with Crippen LogP contribution in [0.3, 0.4) is 0 Å². The molecular weight excluding hydrogens is 325 g/mol. The molecule has 0 aliphatic carbocycles. The molecule has 0 aliphatic heterocycles. The average Bonchev–Trinajstić information content (AvgIpc) is 2.53. The lowest BCUT2D eigenvalue weighted by Gasteiger charge is -2.25. The number of hydrogen-bond acceptors (Lipinski definition) is 4. The van der Waals surface area contributed by atoms with Crippen LogP contribution in [0.25, 0.3) is 0 Å². The van der Waals surface area contributed by atoms with Crippen molar-refractivity contribution in [2.24, 2.45) is 0 Å². The SMILES string of the molecule is CCCCCCN(CCCCCC)C(=O)CP(=O)(OCC)OCC. The van der Waals surface area contributed by atoms with Gasteiger partial charge in [-0.05, 0) is 26.7 Å². The molecule has 1 amide bonds. The van der Waals surface area contributed by atoms with E-state index in [2.05, 4.69) is 13.8 Å². The Bertz CT molecular complexity index is 341. The minimum Gasteiger partial charge on any atom is -0.342 e. The molecule has 0 saturated heterocycles. The molecule has 144 valence electrons. The van der Waals surface area contributed by atoms with E-state index in [1.54, 1.807) is 13.8 Å². The number of amides is 1. The van der Waals surface area contributed by atoms with Crippen LogP contribution < -0.4 is 0 Å². The minimum atomic E-state index is -3.31. The Labute approximate surface area is 149 Å². The maximum atomic E-state index is 12.6. The first-order chi connectivity index (χ1) is 11.5. The maximum Gasteiger partial charge on any atom is 0.340 e. The Morgan fingerprint density at radius 3 is 1.62 bits per heavy atom. The van der Waals surface area contributed by atoms with Gasteiger partial charge >= 0.3 is 7.60 Å². The van der Waals surface area contributed by atoms with Crippen molar-refractivity contribution in [2.45, 2.75) is 79.1 Å². The van der Waals surface area contributed by atoms with E-state index in [0.29, 0.717) is 0 Å². The van der Waals surface area contributed by atoms with Crippen LogP contribution in [-0.4, -0.2) is 43.3 Å². The molecule has 0 radical (unpaired) electrons. The zero-order valence-electron chi connectivity index (χ0n) is 16.2. The van der Waals surface area contributed by atoms with Crippen molar-refractivity contribution in [3.05, 3.63) is 0 Å². The molecule has 0 heterocycles. The number of unbranched alkanes of at least 4 members (excludes halogenated alkanes) is 6. The molecule has 0 bridgehead atoms. The lowest BCUT2D eigenvalue weighted by Crippen LogP contribution is -2.35. The second-order valence-electron chi connectivity index (χ2n) is 6.11. The molecule has 0 saturated carbocycles. The molecule has 5 nitrogen and oxygen atoms in total. The highest BCUT2D eigenvalue weighted by atomic mass is 31.2. The average molecular weight is 363 g/mol. The van der Waals surface area contributed by atoms with E-state index < -0.39 is 7.60 Å². The van der Waals surface area contributed by atoms with Crippen LogP contribution in [0.1, 0.15) is 79.1 Å². The summed E-state index contributed by atoms with van der Waals surface area (Å²) in [6, 6.07) is 0. The van der Waals surface area contributed by atoms with E-state index in [-0.39, 0.29) is 25.3 Å². The van der Waals surface area contributed by atoms with E-state index in [1.165, 1.54) is 25.7 Å². The van der Waals surface area contributed by atoms with Crippen molar-refractivity contribution in [1.82, 2.24) is 4.90 Å². The van der Waals surface area contributed by atoms with Crippen LogP contribution in [0.5, 0.6) is 0 Å². The second-order valence-corrected chi connectivity index (χ2v) is 8.16. The van der Waals surface area contributed by atoms with Crippen molar-refractivity contribution in [1.29, 1.82) is 0 Å². The topological polar surface area (TPSA) is 55.8 Å². The third-order valence-electron chi connectivity index (χ3n) is 3.90. The van der Waals surface area contributed by atoms with Crippen LogP contribution in [0.15, 0.2) is 0 Å². The summed E-state index contributed by atoms with van der Waals surface area (Å²) in [5, 5.41) is 0. The van der Waals surface area contributed by atoms with Gasteiger partial charge in [0.25, 0.3) is 0 Å². The predicted molar refractivity (Wildman–Crippen MR) is 101 cm³/mol. The summed E-state index contributed by atoms with van der Waals surface area (Å²) in [7, 11) is -3.31. The quantitative estimate of drug-likeness (QED) is 0.278. The van der Waals surface area contributed by atoms with Crippen molar-refractivity contribution in [2.75, 3.05) is 32.5 Å². The fraction of sp³-hybridized carbons (Fsp3) is 0.944. The maximum absolute atomic E-state index is 12.6. The largest absolute Gasteiger partial charge is 0.342 e. The molecule has 0 N–H and O–H groups in total. The van der Waals surface area contributed by atoms with Gasteiger partial charge in [-0.3, -0.25) is 9.36 Å². The number of rotatable bonds is 16. The zero-order valence-corrected chi connectivity index (χ0v) is 17.1. The molecule has 0 spiro atoms.